The smallest absolute Gasteiger partial charge is 0.267 e. The highest BCUT2D eigenvalue weighted by Gasteiger charge is 2.28. The van der Waals surface area contributed by atoms with Gasteiger partial charge in [0.1, 0.15) is 0 Å². The molecule has 5 heteroatoms. The van der Waals surface area contributed by atoms with Gasteiger partial charge in [0.2, 0.25) is 0 Å². The molecule has 1 atom stereocenters. The van der Waals surface area contributed by atoms with E-state index in [-0.39, 0.29) is 5.56 Å². The van der Waals surface area contributed by atoms with E-state index in [9.17, 15) is 4.79 Å². The zero-order chi connectivity index (χ0) is 18.4. The number of aromatic nitrogens is 3. The number of aryl methyl sites for hydroxylation is 3. The molecular formula is C22H24N4O. The van der Waals surface area contributed by atoms with Crippen molar-refractivity contribution in [3.8, 4) is 0 Å². The number of pyridine rings is 1. The average Bonchev–Trinajstić information content (AvgIpc) is 3.30. The van der Waals surface area contributed by atoms with Crippen molar-refractivity contribution in [2.75, 3.05) is 11.4 Å². The zero-order valence-electron chi connectivity index (χ0n) is 15.7. The van der Waals surface area contributed by atoms with E-state index in [2.05, 4.69) is 39.2 Å². The first-order valence-electron chi connectivity index (χ1n) is 9.92. The number of nitrogens with zero attached hydrogens (tertiary/aromatic N) is 4. The monoisotopic (exact) mass is 360 g/mol. The highest BCUT2D eigenvalue weighted by Crippen LogP contribution is 2.32. The van der Waals surface area contributed by atoms with Crippen molar-refractivity contribution >= 4 is 16.6 Å². The Labute approximate surface area is 158 Å². The summed E-state index contributed by atoms with van der Waals surface area (Å²) in [6.07, 6.45) is 5.33. The summed E-state index contributed by atoms with van der Waals surface area (Å²) in [5.41, 5.74) is 5.60. The molecule has 1 fully saturated rings. The Morgan fingerprint density at radius 3 is 2.96 bits per heavy atom. The van der Waals surface area contributed by atoms with Gasteiger partial charge in [-0.25, -0.2) is 4.68 Å². The van der Waals surface area contributed by atoms with Crippen molar-refractivity contribution < 1.29 is 0 Å². The number of hydrogen-bond donors (Lipinski definition) is 0. The van der Waals surface area contributed by atoms with Crippen LogP contribution < -0.4 is 10.5 Å². The van der Waals surface area contributed by atoms with Gasteiger partial charge in [0.05, 0.1) is 17.8 Å². The van der Waals surface area contributed by atoms with Crippen LogP contribution in [0.15, 0.2) is 41.2 Å². The molecule has 2 aliphatic rings. The largest absolute Gasteiger partial charge is 0.366 e. The van der Waals surface area contributed by atoms with E-state index in [0.29, 0.717) is 12.6 Å². The van der Waals surface area contributed by atoms with Crippen molar-refractivity contribution in [2.45, 2.75) is 51.6 Å². The first-order chi connectivity index (χ1) is 13.2. The topological polar surface area (TPSA) is 51.0 Å². The van der Waals surface area contributed by atoms with E-state index in [1.165, 1.54) is 11.1 Å². The van der Waals surface area contributed by atoms with Crippen LogP contribution in [0.5, 0.6) is 0 Å². The maximum atomic E-state index is 12.5. The van der Waals surface area contributed by atoms with Gasteiger partial charge in [-0.05, 0) is 56.7 Å². The molecular weight excluding hydrogens is 336 g/mol. The summed E-state index contributed by atoms with van der Waals surface area (Å²) < 4.78 is 1.70. The van der Waals surface area contributed by atoms with Crippen LogP contribution in [0.2, 0.25) is 0 Å². The summed E-state index contributed by atoms with van der Waals surface area (Å²) in [5.74, 6) is 0. The predicted octanol–water partition coefficient (Wildman–Crippen LogP) is 3.26. The van der Waals surface area contributed by atoms with Crippen LogP contribution in [0.3, 0.4) is 0 Å². The van der Waals surface area contributed by atoms with Crippen molar-refractivity contribution in [1.29, 1.82) is 0 Å². The molecule has 5 nitrogen and oxygen atoms in total. The van der Waals surface area contributed by atoms with Crippen LogP contribution in [0.4, 0.5) is 5.69 Å². The zero-order valence-corrected chi connectivity index (χ0v) is 15.7. The summed E-state index contributed by atoms with van der Waals surface area (Å²) in [5, 5.41) is 5.87. The fraction of sp³-hybridized carbons (Fsp3) is 0.409. The summed E-state index contributed by atoms with van der Waals surface area (Å²) >= 11 is 0. The third-order valence-electron chi connectivity index (χ3n) is 5.92. The average molecular weight is 360 g/mol. The Kier molecular flexibility index (Phi) is 3.96. The second-order valence-corrected chi connectivity index (χ2v) is 7.78. The molecule has 3 heterocycles. The molecule has 0 N–H and O–H groups in total. The Balaban J connectivity index is 1.51. The van der Waals surface area contributed by atoms with E-state index in [1.54, 1.807) is 10.7 Å². The van der Waals surface area contributed by atoms with Crippen molar-refractivity contribution in [3.05, 3.63) is 63.7 Å². The van der Waals surface area contributed by atoms with Gasteiger partial charge in [0, 0.05) is 35.4 Å². The summed E-state index contributed by atoms with van der Waals surface area (Å²) in [7, 11) is 0. The summed E-state index contributed by atoms with van der Waals surface area (Å²) in [4.78, 5) is 19.7. The second-order valence-electron chi connectivity index (χ2n) is 7.78. The van der Waals surface area contributed by atoms with Crippen LogP contribution >= 0.6 is 0 Å². The van der Waals surface area contributed by atoms with Gasteiger partial charge in [-0.2, -0.15) is 5.10 Å². The quantitative estimate of drug-likeness (QED) is 0.719. The van der Waals surface area contributed by atoms with E-state index in [4.69, 9.17) is 0 Å². The van der Waals surface area contributed by atoms with E-state index in [1.807, 2.05) is 13.0 Å². The Morgan fingerprint density at radius 1 is 1.15 bits per heavy atom. The number of benzene rings is 1. The van der Waals surface area contributed by atoms with Gasteiger partial charge in [-0.1, -0.05) is 18.2 Å². The molecule has 0 saturated carbocycles. The van der Waals surface area contributed by atoms with Crippen LogP contribution in [-0.2, 0) is 19.4 Å². The molecule has 1 saturated heterocycles. The first-order valence-corrected chi connectivity index (χ1v) is 9.92. The van der Waals surface area contributed by atoms with Gasteiger partial charge in [0.15, 0.2) is 0 Å². The third-order valence-corrected chi connectivity index (χ3v) is 5.92. The van der Waals surface area contributed by atoms with Gasteiger partial charge in [-0.3, -0.25) is 9.78 Å². The Morgan fingerprint density at radius 2 is 2.04 bits per heavy atom. The molecule has 0 bridgehead atoms. The van der Waals surface area contributed by atoms with Crippen LogP contribution in [0.1, 0.15) is 36.2 Å². The van der Waals surface area contributed by atoms with Crippen molar-refractivity contribution in [3.63, 3.8) is 0 Å². The van der Waals surface area contributed by atoms with Gasteiger partial charge in [-0.15, -0.1) is 0 Å². The molecule has 0 spiro atoms. The van der Waals surface area contributed by atoms with Crippen molar-refractivity contribution in [1.82, 2.24) is 14.8 Å². The molecule has 1 aromatic carbocycles. The fourth-order valence-corrected chi connectivity index (χ4v) is 4.64. The van der Waals surface area contributed by atoms with Crippen LogP contribution in [-0.4, -0.2) is 27.4 Å². The number of hydrogen-bond acceptors (Lipinski definition) is 4. The van der Waals surface area contributed by atoms with Crippen LogP contribution in [0, 0.1) is 6.92 Å². The lowest BCUT2D eigenvalue weighted by Gasteiger charge is -2.28. The molecule has 3 aromatic rings. The minimum Gasteiger partial charge on any atom is -0.366 e. The number of rotatable bonds is 3. The highest BCUT2D eigenvalue weighted by atomic mass is 16.1. The SMILES string of the molecule is Cc1cc(N2CCCC2Cn2nc3c(cc2=O)CCC3)c2ccccc2n1. The number of anilines is 1. The predicted molar refractivity (Wildman–Crippen MR) is 107 cm³/mol. The van der Waals surface area contributed by atoms with Crippen molar-refractivity contribution in [2.24, 2.45) is 0 Å². The lowest BCUT2D eigenvalue weighted by Crippen LogP contribution is -2.37. The molecule has 1 aliphatic heterocycles. The maximum absolute atomic E-state index is 12.5. The molecule has 0 radical (unpaired) electrons. The van der Waals surface area contributed by atoms with Gasteiger partial charge < -0.3 is 4.90 Å². The molecule has 0 amide bonds. The lowest BCUT2D eigenvalue weighted by atomic mass is 10.1. The summed E-state index contributed by atoms with van der Waals surface area (Å²) in [6.45, 7) is 3.72. The minimum atomic E-state index is 0.0401. The molecule has 2 aromatic heterocycles. The van der Waals surface area contributed by atoms with E-state index >= 15 is 0 Å². The lowest BCUT2D eigenvalue weighted by molar-refractivity contribution is 0.483. The minimum absolute atomic E-state index is 0.0401. The number of fused-ring (bicyclic) bond motifs is 2. The second kappa shape index (κ2) is 6.48. The highest BCUT2D eigenvalue weighted by molar-refractivity contribution is 5.92. The number of para-hydroxylation sites is 1. The molecule has 27 heavy (non-hydrogen) atoms. The van der Waals surface area contributed by atoms with Gasteiger partial charge in [0.25, 0.3) is 5.56 Å². The maximum Gasteiger partial charge on any atom is 0.267 e. The molecule has 138 valence electrons. The van der Waals surface area contributed by atoms with Gasteiger partial charge >= 0.3 is 0 Å². The summed E-state index contributed by atoms with van der Waals surface area (Å²) in [6, 6.07) is 12.6. The Bertz CT molecular complexity index is 1070. The molecule has 1 aliphatic carbocycles. The normalized spacial score (nSPS) is 19.0. The molecule has 1 unspecified atom stereocenters. The molecule has 5 rings (SSSR count). The standard InChI is InChI=1S/C22H24N4O/c1-15-12-21(18-8-2-3-9-20(18)23-15)25-11-5-7-17(25)14-26-22(27)13-16-6-4-10-19(16)24-26/h2-3,8-9,12-13,17H,4-7,10-11,14H2,1H3. The van der Waals surface area contributed by atoms with E-state index < -0.39 is 0 Å². The third kappa shape index (κ3) is 2.91. The van der Waals surface area contributed by atoms with E-state index in [0.717, 1.165) is 61.1 Å². The fourth-order valence-electron chi connectivity index (χ4n) is 4.64. The van der Waals surface area contributed by atoms with Crippen LogP contribution in [0.25, 0.3) is 10.9 Å². The first kappa shape index (κ1) is 16.5. The Hall–Kier alpha value is -2.69.